The molecule has 5 nitrogen and oxygen atoms in total. The highest BCUT2D eigenvalue weighted by Gasteiger charge is 2.09. The van der Waals surface area contributed by atoms with Gasteiger partial charge in [0.1, 0.15) is 0 Å². The quantitative estimate of drug-likeness (QED) is 0.594. The van der Waals surface area contributed by atoms with Crippen LogP contribution in [0.4, 0.5) is 0 Å². The molecule has 0 spiro atoms. The van der Waals surface area contributed by atoms with E-state index in [1.54, 1.807) is 12.4 Å². The van der Waals surface area contributed by atoms with Crippen LogP contribution in [0.25, 0.3) is 16.6 Å². The molecule has 5 heteroatoms. The minimum Gasteiger partial charge on any atom is -0.387 e. The monoisotopic (exact) mass is 318 g/mol. The summed E-state index contributed by atoms with van der Waals surface area (Å²) in [6, 6.07) is 16.1. The van der Waals surface area contributed by atoms with Crippen molar-refractivity contribution in [1.29, 1.82) is 0 Å². The summed E-state index contributed by atoms with van der Waals surface area (Å²) in [4.78, 5) is 8.45. The molecule has 0 saturated heterocycles. The topological polar surface area (TPSA) is 62.5 Å². The van der Waals surface area contributed by atoms with Crippen molar-refractivity contribution in [2.45, 2.75) is 12.6 Å². The van der Waals surface area contributed by atoms with Gasteiger partial charge >= 0.3 is 0 Å². The average Bonchev–Trinajstić information content (AvgIpc) is 3.04. The summed E-state index contributed by atoms with van der Waals surface area (Å²) in [6.07, 6.45) is 4.92. The maximum atomic E-state index is 10.4. The second-order valence-corrected chi connectivity index (χ2v) is 5.79. The third kappa shape index (κ3) is 2.87. The average molecular weight is 318 g/mol. The van der Waals surface area contributed by atoms with Crippen LogP contribution in [-0.4, -0.2) is 26.0 Å². The van der Waals surface area contributed by atoms with E-state index in [2.05, 4.69) is 27.4 Å². The first-order chi connectivity index (χ1) is 11.8. The fraction of sp³-hybridized carbons (Fsp3) is 0.158. The summed E-state index contributed by atoms with van der Waals surface area (Å²) in [7, 11) is 0. The highest BCUT2D eigenvalue weighted by molar-refractivity contribution is 5.83. The first-order valence-corrected chi connectivity index (χ1v) is 7.96. The van der Waals surface area contributed by atoms with Crippen molar-refractivity contribution in [3.05, 3.63) is 78.4 Å². The van der Waals surface area contributed by atoms with Crippen LogP contribution >= 0.6 is 0 Å². The molecule has 2 N–H and O–H groups in total. The number of aliphatic hydroxyl groups excluding tert-OH is 1. The largest absolute Gasteiger partial charge is 0.387 e. The van der Waals surface area contributed by atoms with Gasteiger partial charge in [-0.15, -0.1) is 0 Å². The highest BCUT2D eigenvalue weighted by atomic mass is 16.3. The van der Waals surface area contributed by atoms with Gasteiger partial charge in [0.2, 0.25) is 5.78 Å². The normalized spacial score (nSPS) is 12.7. The molecule has 2 aromatic heterocycles. The van der Waals surface area contributed by atoms with Crippen molar-refractivity contribution in [2.75, 3.05) is 6.54 Å². The molecular weight excluding hydrogens is 300 g/mol. The van der Waals surface area contributed by atoms with Crippen LogP contribution in [0.3, 0.4) is 0 Å². The van der Waals surface area contributed by atoms with Crippen molar-refractivity contribution in [2.24, 2.45) is 0 Å². The molecule has 0 aliphatic carbocycles. The van der Waals surface area contributed by atoms with Gasteiger partial charge in [-0.05, 0) is 28.5 Å². The van der Waals surface area contributed by atoms with Crippen LogP contribution in [-0.2, 0) is 6.54 Å². The molecular formula is C19H18N4O. The summed E-state index contributed by atoms with van der Waals surface area (Å²) in [5, 5.41) is 16.0. The number of benzene rings is 2. The number of nitrogens with one attached hydrogen (secondary N) is 1. The number of fused-ring (bicyclic) bond motifs is 2. The maximum Gasteiger partial charge on any atom is 0.233 e. The molecule has 2 aromatic carbocycles. The molecule has 1 atom stereocenters. The van der Waals surface area contributed by atoms with Crippen molar-refractivity contribution in [1.82, 2.24) is 19.7 Å². The Kier molecular flexibility index (Phi) is 3.94. The molecule has 0 fully saturated rings. The number of hydrogen-bond acceptors (Lipinski definition) is 4. The third-order valence-corrected chi connectivity index (χ3v) is 4.17. The lowest BCUT2D eigenvalue weighted by molar-refractivity contribution is 0.174. The van der Waals surface area contributed by atoms with Crippen molar-refractivity contribution in [3.63, 3.8) is 0 Å². The van der Waals surface area contributed by atoms with Crippen LogP contribution in [0, 0.1) is 0 Å². The van der Waals surface area contributed by atoms with Gasteiger partial charge < -0.3 is 10.4 Å². The van der Waals surface area contributed by atoms with Crippen LogP contribution < -0.4 is 5.32 Å². The second-order valence-electron chi connectivity index (χ2n) is 5.79. The number of aromatic nitrogens is 3. The standard InChI is InChI=1S/C19H18N4O/c24-18(16-7-6-14-4-1-2-5-15(14)10-16)13-20-11-17-12-22-19-21-8-3-9-23(17)19/h1-10,12,18,20,24H,11,13H2. The van der Waals surface area contributed by atoms with Gasteiger partial charge in [0.15, 0.2) is 0 Å². The number of hydrogen-bond donors (Lipinski definition) is 2. The molecule has 0 amide bonds. The van der Waals surface area contributed by atoms with E-state index in [0.29, 0.717) is 18.9 Å². The Balaban J connectivity index is 1.43. The zero-order chi connectivity index (χ0) is 16.4. The number of nitrogens with zero attached hydrogens (tertiary/aromatic N) is 3. The number of aliphatic hydroxyl groups is 1. The Morgan fingerprint density at radius 2 is 1.92 bits per heavy atom. The molecule has 4 rings (SSSR count). The van der Waals surface area contributed by atoms with Crippen LogP contribution in [0.5, 0.6) is 0 Å². The van der Waals surface area contributed by atoms with Crippen LogP contribution in [0.2, 0.25) is 0 Å². The van der Waals surface area contributed by atoms with E-state index in [1.807, 2.05) is 47.0 Å². The first-order valence-electron chi connectivity index (χ1n) is 7.96. The molecule has 0 bridgehead atoms. The fourth-order valence-corrected chi connectivity index (χ4v) is 2.88. The fourth-order valence-electron chi connectivity index (χ4n) is 2.88. The Bertz CT molecular complexity index is 979. The predicted octanol–water partition coefficient (Wildman–Crippen LogP) is 2.71. The maximum absolute atomic E-state index is 10.4. The molecule has 0 radical (unpaired) electrons. The lowest BCUT2D eigenvalue weighted by Gasteiger charge is -2.13. The zero-order valence-corrected chi connectivity index (χ0v) is 13.1. The Hall–Kier alpha value is -2.76. The minimum atomic E-state index is -0.549. The summed E-state index contributed by atoms with van der Waals surface area (Å²) < 4.78 is 1.94. The lowest BCUT2D eigenvalue weighted by Crippen LogP contribution is -2.21. The van der Waals surface area contributed by atoms with E-state index in [4.69, 9.17) is 0 Å². The summed E-state index contributed by atoms with van der Waals surface area (Å²) in [6.45, 7) is 1.10. The molecule has 4 aromatic rings. The summed E-state index contributed by atoms with van der Waals surface area (Å²) in [5.74, 6) is 0.685. The molecule has 120 valence electrons. The molecule has 24 heavy (non-hydrogen) atoms. The van der Waals surface area contributed by atoms with E-state index in [9.17, 15) is 5.11 Å². The van der Waals surface area contributed by atoms with E-state index in [0.717, 1.165) is 16.6 Å². The van der Waals surface area contributed by atoms with Crippen molar-refractivity contribution >= 4 is 16.6 Å². The number of rotatable bonds is 5. The minimum absolute atomic E-state index is 0.478. The Labute approximate surface area is 139 Å². The SMILES string of the molecule is OC(CNCc1cnc2ncccn12)c1ccc2ccccc2c1. The van der Waals surface area contributed by atoms with Gasteiger partial charge in [-0.1, -0.05) is 36.4 Å². The van der Waals surface area contributed by atoms with Gasteiger partial charge in [-0.25, -0.2) is 9.97 Å². The van der Waals surface area contributed by atoms with Crippen LogP contribution in [0.1, 0.15) is 17.4 Å². The summed E-state index contributed by atoms with van der Waals surface area (Å²) >= 11 is 0. The van der Waals surface area contributed by atoms with Gasteiger partial charge in [0.05, 0.1) is 18.0 Å². The number of imidazole rings is 1. The van der Waals surface area contributed by atoms with E-state index < -0.39 is 6.10 Å². The van der Waals surface area contributed by atoms with Gasteiger partial charge in [0.25, 0.3) is 0 Å². The lowest BCUT2D eigenvalue weighted by atomic mass is 10.0. The molecule has 2 heterocycles. The predicted molar refractivity (Wildman–Crippen MR) is 93.6 cm³/mol. The van der Waals surface area contributed by atoms with E-state index >= 15 is 0 Å². The van der Waals surface area contributed by atoms with Crippen LogP contribution in [0.15, 0.2) is 67.1 Å². The van der Waals surface area contributed by atoms with Gasteiger partial charge in [-0.2, -0.15) is 0 Å². The molecule has 0 saturated carbocycles. The highest BCUT2D eigenvalue weighted by Crippen LogP contribution is 2.20. The van der Waals surface area contributed by atoms with Gasteiger partial charge in [-0.3, -0.25) is 4.40 Å². The third-order valence-electron chi connectivity index (χ3n) is 4.17. The van der Waals surface area contributed by atoms with Crippen molar-refractivity contribution < 1.29 is 5.11 Å². The van der Waals surface area contributed by atoms with E-state index in [-0.39, 0.29) is 0 Å². The molecule has 0 aliphatic rings. The Morgan fingerprint density at radius 1 is 1.04 bits per heavy atom. The van der Waals surface area contributed by atoms with Gasteiger partial charge in [0, 0.05) is 25.5 Å². The smallest absolute Gasteiger partial charge is 0.233 e. The molecule has 1 unspecified atom stereocenters. The Morgan fingerprint density at radius 3 is 2.83 bits per heavy atom. The van der Waals surface area contributed by atoms with E-state index in [1.165, 1.54) is 5.39 Å². The zero-order valence-electron chi connectivity index (χ0n) is 13.1. The second kappa shape index (κ2) is 6.39. The molecule has 0 aliphatic heterocycles. The summed E-state index contributed by atoms with van der Waals surface area (Å²) in [5.41, 5.74) is 1.94. The van der Waals surface area contributed by atoms with Crippen molar-refractivity contribution in [3.8, 4) is 0 Å². The first kappa shape index (κ1) is 14.8.